The Balaban J connectivity index is 0.000000153. The molecule has 11 heteroatoms. The van der Waals surface area contributed by atoms with Crippen LogP contribution in [0.3, 0.4) is 0 Å². The Bertz CT molecular complexity index is 2500. The highest BCUT2D eigenvalue weighted by Gasteiger charge is 2.17. The van der Waals surface area contributed by atoms with Crippen molar-refractivity contribution in [2.24, 2.45) is 0 Å². The molecule has 4 heterocycles. The Hall–Kier alpha value is -5.46. The van der Waals surface area contributed by atoms with Crippen LogP contribution in [0, 0.1) is 35.8 Å². The predicted octanol–water partition coefficient (Wildman–Crippen LogP) is 5.88. The molecule has 2 aromatic heterocycles. The standard InChI is InChI=1S/C21H18FN3O.C13H14BrN3O.C8H5F/c1-24-11-10-20-23-19-14-16(3-2-15-4-7-17(22)8-5-15)6-9-18(19)21(26)25(20)13-12-24;1-16-5-4-12-15-11-8-9(14)2-3-10(11)13(18)17(12)7-6-16;1-2-7-3-5-8(9)6-4-7/h4-9,14H,10-13H2,1H3;2-3,8H,4-7H2,1H3;1,3-6H. The molecule has 2 aliphatic heterocycles. The third-order valence-corrected chi connectivity index (χ3v) is 9.58. The Morgan fingerprint density at radius 3 is 1.58 bits per heavy atom. The first-order chi connectivity index (χ1) is 25.6. The molecule has 53 heavy (non-hydrogen) atoms. The van der Waals surface area contributed by atoms with E-state index in [1.54, 1.807) is 34.9 Å². The zero-order chi connectivity index (χ0) is 37.5. The molecule has 8 rings (SSSR count). The number of likely N-dealkylation sites (N-methyl/N-ethyl adjacent to an activating group) is 2. The molecule has 0 saturated heterocycles. The molecule has 0 radical (unpaired) electrons. The molecule has 0 spiro atoms. The molecule has 0 aliphatic carbocycles. The maximum absolute atomic E-state index is 13.0. The second-order valence-electron chi connectivity index (χ2n) is 12.9. The third kappa shape index (κ3) is 9.32. The Morgan fingerprint density at radius 1 is 0.604 bits per heavy atom. The van der Waals surface area contributed by atoms with Crippen LogP contribution in [0.25, 0.3) is 21.8 Å². The fraction of sp³-hybridized carbons (Fsp3) is 0.238. The van der Waals surface area contributed by atoms with Gasteiger partial charge < -0.3 is 9.80 Å². The fourth-order valence-electron chi connectivity index (χ4n) is 6.00. The summed E-state index contributed by atoms with van der Waals surface area (Å²) in [5.41, 5.74) is 3.78. The Morgan fingerprint density at radius 2 is 1.06 bits per heavy atom. The largest absolute Gasteiger partial charge is 0.304 e. The Kier molecular flexibility index (Phi) is 11.9. The van der Waals surface area contributed by atoms with Gasteiger partial charge in [0.2, 0.25) is 0 Å². The topological polar surface area (TPSA) is 76.3 Å². The molecule has 268 valence electrons. The average Bonchev–Trinajstić information content (AvgIpc) is 3.47. The monoisotopic (exact) mass is 774 g/mol. The van der Waals surface area contributed by atoms with Gasteiger partial charge in [0.1, 0.15) is 23.3 Å². The number of fused-ring (bicyclic) bond motifs is 4. The predicted molar refractivity (Wildman–Crippen MR) is 209 cm³/mol. The molecular weight excluding hydrogens is 738 g/mol. The van der Waals surface area contributed by atoms with E-state index in [9.17, 15) is 18.4 Å². The van der Waals surface area contributed by atoms with Crippen molar-refractivity contribution in [2.45, 2.75) is 25.9 Å². The van der Waals surface area contributed by atoms with Crippen LogP contribution in [-0.4, -0.2) is 69.2 Å². The van der Waals surface area contributed by atoms with Gasteiger partial charge in [-0.25, -0.2) is 18.7 Å². The van der Waals surface area contributed by atoms with Gasteiger partial charge in [-0.15, -0.1) is 6.42 Å². The summed E-state index contributed by atoms with van der Waals surface area (Å²) in [5, 5.41) is 1.32. The summed E-state index contributed by atoms with van der Waals surface area (Å²) in [6, 6.07) is 23.0. The number of halogens is 3. The van der Waals surface area contributed by atoms with E-state index >= 15 is 0 Å². The number of hydrogen-bond donors (Lipinski definition) is 0. The summed E-state index contributed by atoms with van der Waals surface area (Å²) in [7, 11) is 4.13. The number of rotatable bonds is 0. The summed E-state index contributed by atoms with van der Waals surface area (Å²) >= 11 is 3.42. The van der Waals surface area contributed by atoms with Crippen molar-refractivity contribution in [1.82, 2.24) is 28.9 Å². The summed E-state index contributed by atoms with van der Waals surface area (Å²) in [4.78, 5) is 39.0. The molecule has 0 amide bonds. The van der Waals surface area contributed by atoms with Crippen LogP contribution in [-0.2, 0) is 25.9 Å². The molecule has 0 saturated carbocycles. The fourth-order valence-corrected chi connectivity index (χ4v) is 6.35. The molecule has 0 unspecified atom stereocenters. The molecular formula is C42H37BrF2N6O2. The van der Waals surface area contributed by atoms with E-state index in [4.69, 9.17) is 11.4 Å². The molecule has 4 aromatic carbocycles. The van der Waals surface area contributed by atoms with E-state index < -0.39 is 0 Å². The van der Waals surface area contributed by atoms with Crippen LogP contribution in [0.1, 0.15) is 28.3 Å². The van der Waals surface area contributed by atoms with E-state index in [0.29, 0.717) is 28.4 Å². The highest BCUT2D eigenvalue weighted by atomic mass is 79.9. The van der Waals surface area contributed by atoms with Gasteiger partial charge in [-0.3, -0.25) is 18.7 Å². The normalized spacial score (nSPS) is 14.1. The summed E-state index contributed by atoms with van der Waals surface area (Å²) in [5.74, 6) is 9.65. The first-order valence-electron chi connectivity index (χ1n) is 17.2. The van der Waals surface area contributed by atoms with E-state index in [1.165, 1.54) is 24.3 Å². The van der Waals surface area contributed by atoms with Crippen molar-refractivity contribution < 1.29 is 8.78 Å². The van der Waals surface area contributed by atoms with Crippen LogP contribution in [0.15, 0.2) is 99.0 Å². The van der Waals surface area contributed by atoms with E-state index in [0.717, 1.165) is 78.3 Å². The van der Waals surface area contributed by atoms with Crippen molar-refractivity contribution >= 4 is 37.7 Å². The summed E-state index contributed by atoms with van der Waals surface area (Å²) in [6.07, 6.45) is 6.61. The lowest BCUT2D eigenvalue weighted by molar-refractivity contribution is 0.341. The maximum Gasteiger partial charge on any atom is 0.261 e. The van der Waals surface area contributed by atoms with Crippen molar-refractivity contribution in [3.63, 3.8) is 0 Å². The Labute approximate surface area is 314 Å². The number of terminal acetylenes is 1. The van der Waals surface area contributed by atoms with E-state index in [1.807, 2.05) is 34.9 Å². The minimum absolute atomic E-state index is 0.0124. The summed E-state index contributed by atoms with van der Waals surface area (Å²) < 4.78 is 29.7. The quantitative estimate of drug-likeness (QED) is 0.180. The van der Waals surface area contributed by atoms with Gasteiger partial charge in [0, 0.05) is 73.3 Å². The van der Waals surface area contributed by atoms with Crippen LogP contribution in [0.2, 0.25) is 0 Å². The number of hydrogen-bond acceptors (Lipinski definition) is 6. The van der Waals surface area contributed by atoms with Gasteiger partial charge in [0.15, 0.2) is 0 Å². The highest BCUT2D eigenvalue weighted by Crippen LogP contribution is 2.17. The lowest BCUT2D eigenvalue weighted by Gasteiger charge is -2.11. The van der Waals surface area contributed by atoms with Gasteiger partial charge in [0.25, 0.3) is 11.1 Å². The van der Waals surface area contributed by atoms with Gasteiger partial charge in [-0.1, -0.05) is 33.7 Å². The van der Waals surface area contributed by atoms with Gasteiger partial charge in [-0.2, -0.15) is 0 Å². The van der Waals surface area contributed by atoms with Gasteiger partial charge in [0.05, 0.1) is 21.8 Å². The van der Waals surface area contributed by atoms with Crippen molar-refractivity contribution in [2.75, 3.05) is 40.3 Å². The van der Waals surface area contributed by atoms with Crippen LogP contribution >= 0.6 is 15.9 Å². The molecule has 2 aliphatic rings. The lowest BCUT2D eigenvalue weighted by atomic mass is 10.1. The smallest absolute Gasteiger partial charge is 0.261 e. The molecule has 0 fully saturated rings. The third-order valence-electron chi connectivity index (χ3n) is 9.08. The number of benzene rings is 4. The number of nitrogens with zero attached hydrogens (tertiary/aromatic N) is 6. The van der Waals surface area contributed by atoms with Crippen molar-refractivity contribution in [3.8, 4) is 24.2 Å². The van der Waals surface area contributed by atoms with Crippen LogP contribution < -0.4 is 11.1 Å². The highest BCUT2D eigenvalue weighted by molar-refractivity contribution is 9.10. The van der Waals surface area contributed by atoms with Gasteiger partial charge in [-0.05, 0) is 99.0 Å². The van der Waals surface area contributed by atoms with Crippen LogP contribution in [0.5, 0.6) is 0 Å². The maximum atomic E-state index is 13.0. The zero-order valence-electron chi connectivity index (χ0n) is 29.5. The second-order valence-corrected chi connectivity index (χ2v) is 13.8. The van der Waals surface area contributed by atoms with Gasteiger partial charge >= 0.3 is 0 Å². The molecule has 0 bridgehead atoms. The van der Waals surface area contributed by atoms with Crippen LogP contribution in [0.4, 0.5) is 8.78 Å². The van der Waals surface area contributed by atoms with Crippen molar-refractivity contribution in [3.05, 3.63) is 150 Å². The first-order valence-corrected chi connectivity index (χ1v) is 18.0. The second kappa shape index (κ2) is 16.9. The zero-order valence-corrected chi connectivity index (χ0v) is 31.0. The van der Waals surface area contributed by atoms with E-state index in [-0.39, 0.29) is 22.8 Å². The molecule has 0 atom stereocenters. The van der Waals surface area contributed by atoms with E-state index in [2.05, 4.69) is 62.6 Å². The number of aromatic nitrogens is 4. The SMILES string of the molecule is C#Cc1ccc(F)cc1.CN1CCc2nc3cc(Br)ccc3c(=O)n2CC1.CN1CCc2nc3cc(C#Cc4ccc(F)cc4)ccc3c(=O)n2CC1. The lowest BCUT2D eigenvalue weighted by Crippen LogP contribution is -2.27. The molecule has 0 N–H and O–H groups in total. The minimum Gasteiger partial charge on any atom is -0.304 e. The van der Waals surface area contributed by atoms with Crippen molar-refractivity contribution in [1.29, 1.82) is 0 Å². The molecule has 8 nitrogen and oxygen atoms in total. The minimum atomic E-state index is -0.280. The average molecular weight is 776 g/mol. The first kappa shape index (κ1) is 37.3. The molecule has 6 aromatic rings. The summed E-state index contributed by atoms with van der Waals surface area (Å²) in [6.45, 7) is 4.98.